The van der Waals surface area contributed by atoms with E-state index in [1.807, 2.05) is 27.3 Å². The highest BCUT2D eigenvalue weighted by Gasteiger charge is 2.33. The fraction of sp³-hybridized carbons (Fsp3) is 0.550. The number of thiophene rings is 1. The van der Waals surface area contributed by atoms with Gasteiger partial charge in [0.1, 0.15) is 0 Å². The monoisotopic (exact) mass is 404 g/mol. The molecule has 0 aromatic carbocycles. The summed E-state index contributed by atoms with van der Waals surface area (Å²) in [5, 5.41) is 4.68. The van der Waals surface area contributed by atoms with Crippen molar-refractivity contribution >= 4 is 29.1 Å². The third kappa shape index (κ3) is 5.20. The lowest BCUT2D eigenvalue weighted by Gasteiger charge is -2.38. The van der Waals surface area contributed by atoms with E-state index in [0.717, 1.165) is 17.7 Å². The van der Waals surface area contributed by atoms with Crippen molar-refractivity contribution in [1.82, 2.24) is 20.0 Å². The summed E-state index contributed by atoms with van der Waals surface area (Å²) in [6, 6.07) is 3.71. The Bertz CT molecular complexity index is 698. The number of nitrogens with zero attached hydrogens (tertiary/aromatic N) is 3. The Kier molecular flexibility index (Phi) is 7.22. The first-order valence-corrected chi connectivity index (χ1v) is 10.7. The topological polar surface area (TPSA) is 73.0 Å². The van der Waals surface area contributed by atoms with Gasteiger partial charge < -0.3 is 15.1 Å². The summed E-state index contributed by atoms with van der Waals surface area (Å²) in [4.78, 5) is 43.9. The van der Waals surface area contributed by atoms with Gasteiger partial charge in [0.25, 0.3) is 5.91 Å². The van der Waals surface area contributed by atoms with Crippen LogP contribution in [0, 0.1) is 5.92 Å². The first-order chi connectivity index (χ1) is 13.6. The lowest BCUT2D eigenvalue weighted by Crippen LogP contribution is -2.54. The van der Waals surface area contributed by atoms with Gasteiger partial charge in [-0.15, -0.1) is 17.9 Å². The maximum Gasteiger partial charge on any atom is 0.263 e. The highest BCUT2D eigenvalue weighted by molar-refractivity contribution is 7.12. The summed E-state index contributed by atoms with van der Waals surface area (Å²) in [6.07, 6.45) is 3.35. The molecule has 1 aromatic heterocycles. The molecular formula is C20H28N4O3S. The van der Waals surface area contributed by atoms with Crippen molar-refractivity contribution in [3.8, 4) is 0 Å². The van der Waals surface area contributed by atoms with Crippen LogP contribution in [0.4, 0.5) is 0 Å². The molecule has 3 heterocycles. The van der Waals surface area contributed by atoms with Crippen molar-refractivity contribution in [2.24, 2.45) is 5.92 Å². The van der Waals surface area contributed by atoms with Gasteiger partial charge >= 0.3 is 0 Å². The molecule has 1 unspecified atom stereocenters. The predicted molar refractivity (Wildman–Crippen MR) is 109 cm³/mol. The molecule has 3 amide bonds. The zero-order chi connectivity index (χ0) is 19.9. The molecule has 1 aromatic rings. The maximum atomic E-state index is 13.0. The molecule has 28 heavy (non-hydrogen) atoms. The zero-order valence-electron chi connectivity index (χ0n) is 16.1. The molecule has 1 N–H and O–H groups in total. The normalized spacial score (nSPS) is 20.6. The summed E-state index contributed by atoms with van der Waals surface area (Å²) in [6.45, 7) is 8.27. The Hall–Kier alpha value is -2.19. The van der Waals surface area contributed by atoms with Crippen molar-refractivity contribution in [1.29, 1.82) is 0 Å². The number of likely N-dealkylation sites (tertiary alicyclic amines) is 1. The summed E-state index contributed by atoms with van der Waals surface area (Å²) in [5.74, 6) is 0.0251. The molecule has 1 atom stereocenters. The molecular weight excluding hydrogens is 376 g/mol. The maximum absolute atomic E-state index is 13.0. The zero-order valence-corrected chi connectivity index (χ0v) is 17.0. The van der Waals surface area contributed by atoms with E-state index in [-0.39, 0.29) is 23.6 Å². The lowest BCUT2D eigenvalue weighted by atomic mass is 9.96. The molecule has 2 aliphatic heterocycles. The Labute approximate surface area is 170 Å². The molecule has 0 spiro atoms. The number of amides is 3. The van der Waals surface area contributed by atoms with E-state index in [1.165, 1.54) is 11.3 Å². The van der Waals surface area contributed by atoms with Crippen molar-refractivity contribution in [2.75, 3.05) is 52.4 Å². The van der Waals surface area contributed by atoms with Crippen LogP contribution in [0.25, 0.3) is 0 Å². The average molecular weight is 405 g/mol. The number of piperazine rings is 1. The van der Waals surface area contributed by atoms with Crippen LogP contribution in [0.2, 0.25) is 0 Å². The third-order valence-corrected chi connectivity index (χ3v) is 6.14. The molecule has 152 valence electrons. The molecule has 0 aliphatic carbocycles. The van der Waals surface area contributed by atoms with Crippen LogP contribution in [0.1, 0.15) is 22.5 Å². The molecule has 0 bridgehead atoms. The Morgan fingerprint density at radius 3 is 2.64 bits per heavy atom. The number of piperidine rings is 1. The molecule has 2 aliphatic rings. The first-order valence-electron chi connectivity index (χ1n) is 9.80. The van der Waals surface area contributed by atoms with Crippen LogP contribution in [-0.2, 0) is 9.59 Å². The van der Waals surface area contributed by atoms with Crippen LogP contribution < -0.4 is 5.32 Å². The summed E-state index contributed by atoms with van der Waals surface area (Å²) >= 11 is 1.44. The van der Waals surface area contributed by atoms with E-state index in [9.17, 15) is 14.4 Å². The number of rotatable bonds is 6. The smallest absolute Gasteiger partial charge is 0.263 e. The van der Waals surface area contributed by atoms with Crippen molar-refractivity contribution < 1.29 is 14.4 Å². The lowest BCUT2D eigenvalue weighted by molar-refractivity contribution is -0.138. The quantitative estimate of drug-likeness (QED) is 0.720. The molecule has 2 saturated heterocycles. The van der Waals surface area contributed by atoms with Gasteiger partial charge in [-0.3, -0.25) is 19.3 Å². The van der Waals surface area contributed by atoms with Gasteiger partial charge in [-0.1, -0.05) is 12.1 Å². The number of hydrogen-bond donors (Lipinski definition) is 1. The van der Waals surface area contributed by atoms with Gasteiger partial charge in [0, 0.05) is 45.8 Å². The Balaban J connectivity index is 1.47. The summed E-state index contributed by atoms with van der Waals surface area (Å²) in [5.41, 5.74) is 0. The molecule has 0 saturated carbocycles. The molecule has 2 fully saturated rings. The molecule has 7 nitrogen and oxygen atoms in total. The second-order valence-corrected chi connectivity index (χ2v) is 8.21. The van der Waals surface area contributed by atoms with E-state index in [0.29, 0.717) is 52.4 Å². The standard InChI is InChI=1S/C20H28N4O3S/c1-2-7-21-18(25)15-22-9-11-23(12-10-22)19(26)16-5-3-8-24(14-16)20(27)17-6-4-13-28-17/h2,4,6,13,16H,1,3,5,7-12,14-15H2,(H,21,25). The van der Waals surface area contributed by atoms with Crippen LogP contribution >= 0.6 is 11.3 Å². The first kappa shape index (κ1) is 20.5. The number of hydrogen-bond acceptors (Lipinski definition) is 5. The molecule has 3 rings (SSSR count). The molecule has 0 radical (unpaired) electrons. The third-order valence-electron chi connectivity index (χ3n) is 5.28. The second kappa shape index (κ2) is 9.84. The van der Waals surface area contributed by atoms with Gasteiger partial charge in [0.2, 0.25) is 11.8 Å². The van der Waals surface area contributed by atoms with Crippen molar-refractivity contribution in [2.45, 2.75) is 12.8 Å². The van der Waals surface area contributed by atoms with Crippen LogP contribution in [-0.4, -0.2) is 84.8 Å². The van der Waals surface area contributed by atoms with Gasteiger partial charge in [-0.25, -0.2) is 0 Å². The minimum atomic E-state index is -0.125. The van der Waals surface area contributed by atoms with Crippen molar-refractivity contribution in [3.63, 3.8) is 0 Å². The van der Waals surface area contributed by atoms with Gasteiger partial charge in [-0.05, 0) is 24.3 Å². The minimum Gasteiger partial charge on any atom is -0.352 e. The second-order valence-electron chi connectivity index (χ2n) is 7.26. The largest absolute Gasteiger partial charge is 0.352 e. The van der Waals surface area contributed by atoms with Gasteiger partial charge in [-0.2, -0.15) is 0 Å². The van der Waals surface area contributed by atoms with E-state index in [1.54, 1.807) is 6.08 Å². The number of carbonyl (C=O) groups is 3. The van der Waals surface area contributed by atoms with Crippen LogP contribution in [0.5, 0.6) is 0 Å². The van der Waals surface area contributed by atoms with Crippen LogP contribution in [0.3, 0.4) is 0 Å². The highest BCUT2D eigenvalue weighted by atomic mass is 32.1. The predicted octanol–water partition coefficient (Wildman–Crippen LogP) is 1.05. The van der Waals surface area contributed by atoms with E-state index >= 15 is 0 Å². The Morgan fingerprint density at radius 1 is 1.18 bits per heavy atom. The minimum absolute atomic E-state index is 0.0188. The van der Waals surface area contributed by atoms with E-state index in [4.69, 9.17) is 0 Å². The fourth-order valence-electron chi connectivity index (χ4n) is 3.75. The van der Waals surface area contributed by atoms with Gasteiger partial charge in [0.05, 0.1) is 17.3 Å². The highest BCUT2D eigenvalue weighted by Crippen LogP contribution is 2.22. The fourth-order valence-corrected chi connectivity index (χ4v) is 4.44. The molecule has 8 heteroatoms. The number of carbonyl (C=O) groups excluding carboxylic acids is 3. The Morgan fingerprint density at radius 2 is 1.96 bits per heavy atom. The SMILES string of the molecule is C=CCNC(=O)CN1CCN(C(=O)C2CCCN(C(=O)c3cccs3)C2)CC1. The van der Waals surface area contributed by atoms with Gasteiger partial charge in [0.15, 0.2) is 0 Å². The van der Waals surface area contributed by atoms with E-state index in [2.05, 4.69) is 16.8 Å². The summed E-state index contributed by atoms with van der Waals surface area (Å²) in [7, 11) is 0. The van der Waals surface area contributed by atoms with Crippen LogP contribution in [0.15, 0.2) is 30.2 Å². The number of nitrogens with one attached hydrogen (secondary N) is 1. The summed E-state index contributed by atoms with van der Waals surface area (Å²) < 4.78 is 0. The van der Waals surface area contributed by atoms with E-state index < -0.39 is 0 Å². The van der Waals surface area contributed by atoms with Crippen molar-refractivity contribution in [3.05, 3.63) is 35.0 Å². The average Bonchev–Trinajstić information content (AvgIpc) is 3.27.